The first-order valence-corrected chi connectivity index (χ1v) is 7.63. The van der Waals surface area contributed by atoms with E-state index in [0.717, 1.165) is 28.2 Å². The van der Waals surface area contributed by atoms with Gasteiger partial charge in [0.05, 0.1) is 7.11 Å². The molecule has 0 spiro atoms. The van der Waals surface area contributed by atoms with E-state index in [9.17, 15) is 4.79 Å². The zero-order chi connectivity index (χ0) is 16.8. The van der Waals surface area contributed by atoms with Gasteiger partial charge in [-0.1, -0.05) is 18.2 Å². The van der Waals surface area contributed by atoms with Crippen LogP contribution in [-0.4, -0.2) is 19.1 Å². The maximum atomic E-state index is 12.2. The second-order valence-corrected chi connectivity index (χ2v) is 5.65. The third kappa shape index (κ3) is 5.02. The fourth-order valence-electron chi connectivity index (χ4n) is 2.33. The second-order valence-electron chi connectivity index (χ2n) is 5.65. The molecule has 0 aliphatic rings. The molecule has 0 aromatic heterocycles. The number of nitrogens with one attached hydrogen (secondary N) is 1. The van der Waals surface area contributed by atoms with Crippen molar-refractivity contribution in [2.75, 3.05) is 7.11 Å². The van der Waals surface area contributed by atoms with Crippen LogP contribution >= 0.6 is 0 Å². The summed E-state index contributed by atoms with van der Waals surface area (Å²) in [5, 5.41) is 2.88. The van der Waals surface area contributed by atoms with Gasteiger partial charge in [-0.2, -0.15) is 0 Å². The average molecular weight is 313 g/mol. The first-order valence-electron chi connectivity index (χ1n) is 7.63. The van der Waals surface area contributed by atoms with Crippen LogP contribution in [0.1, 0.15) is 23.6 Å². The van der Waals surface area contributed by atoms with Crippen molar-refractivity contribution in [1.82, 2.24) is 5.32 Å². The van der Waals surface area contributed by atoms with Gasteiger partial charge in [-0.15, -0.1) is 0 Å². The molecule has 2 rings (SSSR count). The number of hydrogen-bond donors (Lipinski definition) is 1. The first-order chi connectivity index (χ1) is 11.0. The second kappa shape index (κ2) is 7.68. The van der Waals surface area contributed by atoms with E-state index in [1.165, 1.54) is 0 Å². The molecule has 0 saturated carbocycles. The number of hydrogen-bond acceptors (Lipinski definition) is 3. The van der Waals surface area contributed by atoms with Crippen LogP contribution in [0.25, 0.3) is 0 Å². The topological polar surface area (TPSA) is 47.6 Å². The van der Waals surface area contributed by atoms with E-state index in [0.29, 0.717) is 6.54 Å². The summed E-state index contributed by atoms with van der Waals surface area (Å²) in [7, 11) is 1.63. The van der Waals surface area contributed by atoms with E-state index in [4.69, 9.17) is 9.47 Å². The molecular formula is C19H23NO3. The lowest BCUT2D eigenvalue weighted by Gasteiger charge is -2.15. The highest BCUT2D eigenvalue weighted by molar-refractivity contribution is 5.80. The molecule has 1 amide bonds. The number of aryl methyl sites for hydroxylation is 2. The Balaban J connectivity index is 1.89. The fraction of sp³-hybridized carbons (Fsp3) is 0.316. The highest BCUT2D eigenvalue weighted by atomic mass is 16.5. The Morgan fingerprint density at radius 2 is 1.65 bits per heavy atom. The lowest BCUT2D eigenvalue weighted by molar-refractivity contribution is -0.127. The SMILES string of the molecule is COc1ccc(CNC(=O)C(C)Oc2cc(C)cc(C)c2)cc1. The first kappa shape index (κ1) is 16.9. The predicted molar refractivity (Wildman–Crippen MR) is 90.8 cm³/mol. The zero-order valence-electron chi connectivity index (χ0n) is 14.1. The molecule has 0 saturated heterocycles. The molecule has 0 aliphatic carbocycles. The highest BCUT2D eigenvalue weighted by Gasteiger charge is 2.14. The number of amides is 1. The van der Waals surface area contributed by atoms with Crippen molar-refractivity contribution in [3.8, 4) is 11.5 Å². The predicted octanol–water partition coefficient (Wildman–Crippen LogP) is 3.40. The number of carbonyl (C=O) groups is 1. The Labute approximate surface area is 137 Å². The number of rotatable bonds is 6. The number of carbonyl (C=O) groups excluding carboxylic acids is 1. The molecule has 0 fully saturated rings. The molecule has 4 nitrogen and oxygen atoms in total. The van der Waals surface area contributed by atoms with Gasteiger partial charge in [-0.05, 0) is 61.7 Å². The summed E-state index contributed by atoms with van der Waals surface area (Å²) in [5.41, 5.74) is 3.24. The van der Waals surface area contributed by atoms with Gasteiger partial charge in [0, 0.05) is 6.54 Å². The minimum absolute atomic E-state index is 0.139. The van der Waals surface area contributed by atoms with Gasteiger partial charge in [0.15, 0.2) is 6.10 Å². The third-order valence-electron chi connectivity index (χ3n) is 3.50. The molecule has 0 heterocycles. The molecule has 2 aromatic carbocycles. The van der Waals surface area contributed by atoms with Crippen molar-refractivity contribution in [1.29, 1.82) is 0 Å². The number of ether oxygens (including phenoxy) is 2. The number of methoxy groups -OCH3 is 1. The molecule has 2 aromatic rings. The van der Waals surface area contributed by atoms with Crippen LogP contribution < -0.4 is 14.8 Å². The summed E-state index contributed by atoms with van der Waals surface area (Å²) >= 11 is 0. The van der Waals surface area contributed by atoms with Gasteiger partial charge < -0.3 is 14.8 Å². The van der Waals surface area contributed by atoms with Crippen molar-refractivity contribution < 1.29 is 14.3 Å². The molecule has 122 valence electrons. The summed E-state index contributed by atoms with van der Waals surface area (Å²) < 4.78 is 10.8. The Bertz CT molecular complexity index is 645. The minimum atomic E-state index is -0.547. The van der Waals surface area contributed by atoms with Crippen LogP contribution in [0.5, 0.6) is 11.5 Å². The van der Waals surface area contributed by atoms with Gasteiger partial charge in [0.25, 0.3) is 5.91 Å². The van der Waals surface area contributed by atoms with Crippen molar-refractivity contribution in [3.05, 3.63) is 59.2 Å². The lowest BCUT2D eigenvalue weighted by atomic mass is 10.1. The maximum absolute atomic E-state index is 12.2. The molecule has 1 unspecified atom stereocenters. The molecule has 1 N–H and O–H groups in total. The largest absolute Gasteiger partial charge is 0.497 e. The molecule has 0 aliphatic heterocycles. The van der Waals surface area contributed by atoms with Crippen molar-refractivity contribution in [2.24, 2.45) is 0 Å². The smallest absolute Gasteiger partial charge is 0.261 e. The highest BCUT2D eigenvalue weighted by Crippen LogP contribution is 2.17. The lowest BCUT2D eigenvalue weighted by Crippen LogP contribution is -2.35. The van der Waals surface area contributed by atoms with E-state index in [1.54, 1.807) is 14.0 Å². The van der Waals surface area contributed by atoms with E-state index in [-0.39, 0.29) is 5.91 Å². The van der Waals surface area contributed by atoms with Gasteiger partial charge in [-0.3, -0.25) is 4.79 Å². The normalized spacial score (nSPS) is 11.7. The maximum Gasteiger partial charge on any atom is 0.261 e. The van der Waals surface area contributed by atoms with Gasteiger partial charge in [-0.25, -0.2) is 0 Å². The molecule has 4 heteroatoms. The van der Waals surface area contributed by atoms with E-state index >= 15 is 0 Å². The van der Waals surface area contributed by atoms with E-state index < -0.39 is 6.10 Å². The van der Waals surface area contributed by atoms with E-state index in [2.05, 4.69) is 11.4 Å². The molecular weight excluding hydrogens is 290 g/mol. The Morgan fingerprint density at radius 1 is 1.04 bits per heavy atom. The summed E-state index contributed by atoms with van der Waals surface area (Å²) in [6.45, 7) is 6.23. The number of benzene rings is 2. The molecule has 0 bridgehead atoms. The fourth-order valence-corrected chi connectivity index (χ4v) is 2.33. The van der Waals surface area contributed by atoms with Crippen LogP contribution in [-0.2, 0) is 11.3 Å². The van der Waals surface area contributed by atoms with Gasteiger partial charge >= 0.3 is 0 Å². The van der Waals surface area contributed by atoms with Crippen molar-refractivity contribution in [3.63, 3.8) is 0 Å². The Morgan fingerprint density at radius 3 is 2.22 bits per heavy atom. The van der Waals surface area contributed by atoms with Gasteiger partial charge in [0.2, 0.25) is 0 Å². The summed E-state index contributed by atoms with van der Waals surface area (Å²) in [5.74, 6) is 1.38. The van der Waals surface area contributed by atoms with Crippen LogP contribution in [0.4, 0.5) is 0 Å². The van der Waals surface area contributed by atoms with Crippen molar-refractivity contribution in [2.45, 2.75) is 33.4 Å². The minimum Gasteiger partial charge on any atom is -0.497 e. The van der Waals surface area contributed by atoms with Crippen LogP contribution in [0.3, 0.4) is 0 Å². The van der Waals surface area contributed by atoms with E-state index in [1.807, 2.05) is 50.2 Å². The molecule has 0 radical (unpaired) electrons. The van der Waals surface area contributed by atoms with Crippen LogP contribution in [0.2, 0.25) is 0 Å². The monoisotopic (exact) mass is 313 g/mol. The summed E-state index contributed by atoms with van der Waals surface area (Å²) in [4.78, 5) is 12.2. The Kier molecular flexibility index (Phi) is 5.63. The van der Waals surface area contributed by atoms with Crippen LogP contribution in [0.15, 0.2) is 42.5 Å². The van der Waals surface area contributed by atoms with Crippen LogP contribution in [0, 0.1) is 13.8 Å². The zero-order valence-corrected chi connectivity index (χ0v) is 14.1. The molecule has 23 heavy (non-hydrogen) atoms. The van der Waals surface area contributed by atoms with Crippen molar-refractivity contribution >= 4 is 5.91 Å². The third-order valence-corrected chi connectivity index (χ3v) is 3.50. The summed E-state index contributed by atoms with van der Waals surface area (Å²) in [6, 6.07) is 13.5. The summed E-state index contributed by atoms with van der Waals surface area (Å²) in [6.07, 6.45) is -0.547. The average Bonchev–Trinajstić information content (AvgIpc) is 2.52. The van der Waals surface area contributed by atoms with Gasteiger partial charge in [0.1, 0.15) is 11.5 Å². The quantitative estimate of drug-likeness (QED) is 0.889. The standard InChI is InChI=1S/C19H23NO3/c1-13-9-14(2)11-18(10-13)23-15(3)19(21)20-12-16-5-7-17(22-4)8-6-16/h5-11,15H,12H2,1-4H3,(H,20,21). The Hall–Kier alpha value is -2.49. The molecule has 1 atom stereocenters.